The van der Waals surface area contributed by atoms with Crippen LogP contribution in [0.25, 0.3) is 33.6 Å². The van der Waals surface area contributed by atoms with Crippen molar-refractivity contribution in [2.45, 2.75) is 13.8 Å². The van der Waals surface area contributed by atoms with Crippen LogP contribution in [0.2, 0.25) is 0 Å². The number of methoxy groups -OCH3 is 1. The number of ether oxygens (including phenoxy) is 1. The van der Waals surface area contributed by atoms with Gasteiger partial charge in [0.25, 0.3) is 0 Å². The Balaban J connectivity index is 1.96. The van der Waals surface area contributed by atoms with Gasteiger partial charge in [-0.25, -0.2) is 9.97 Å². The van der Waals surface area contributed by atoms with E-state index in [0.29, 0.717) is 17.1 Å². The lowest BCUT2D eigenvalue weighted by Gasteiger charge is -2.01. The van der Waals surface area contributed by atoms with E-state index in [2.05, 4.69) is 15.0 Å². The molecule has 5 heteroatoms. The van der Waals surface area contributed by atoms with Gasteiger partial charge < -0.3 is 9.15 Å². The lowest BCUT2D eigenvalue weighted by atomic mass is 10.2. The van der Waals surface area contributed by atoms with Gasteiger partial charge in [-0.3, -0.25) is 4.98 Å². The average Bonchev–Trinajstić information content (AvgIpc) is 2.99. The molecule has 114 valence electrons. The Morgan fingerprint density at radius 1 is 0.870 bits per heavy atom. The summed E-state index contributed by atoms with van der Waals surface area (Å²) in [6, 6.07) is 11.6. The van der Waals surface area contributed by atoms with E-state index in [0.717, 1.165) is 33.6 Å². The Labute approximate surface area is 133 Å². The van der Waals surface area contributed by atoms with Crippen LogP contribution in [0.3, 0.4) is 0 Å². The molecular weight excluding hydrogens is 290 g/mol. The van der Waals surface area contributed by atoms with Crippen molar-refractivity contribution in [1.29, 1.82) is 0 Å². The molecule has 0 amide bonds. The molecule has 0 aliphatic carbocycles. The van der Waals surface area contributed by atoms with Crippen LogP contribution in [-0.2, 0) is 0 Å². The summed E-state index contributed by atoms with van der Waals surface area (Å²) < 4.78 is 11.0. The molecule has 1 aromatic carbocycles. The molecule has 5 nitrogen and oxygen atoms in total. The molecule has 0 radical (unpaired) electrons. The maximum atomic E-state index is 5.85. The number of aryl methyl sites for hydroxylation is 2. The van der Waals surface area contributed by atoms with E-state index < -0.39 is 0 Å². The highest BCUT2D eigenvalue weighted by Crippen LogP contribution is 2.29. The van der Waals surface area contributed by atoms with Crippen molar-refractivity contribution in [3.05, 3.63) is 47.8 Å². The van der Waals surface area contributed by atoms with Gasteiger partial charge in [0, 0.05) is 16.6 Å². The molecule has 0 saturated carbocycles. The molecule has 0 spiro atoms. The van der Waals surface area contributed by atoms with Crippen molar-refractivity contribution in [2.24, 2.45) is 0 Å². The Kier molecular flexibility index (Phi) is 3.01. The third-order valence-corrected chi connectivity index (χ3v) is 3.86. The van der Waals surface area contributed by atoms with Gasteiger partial charge in [-0.15, -0.1) is 0 Å². The summed E-state index contributed by atoms with van der Waals surface area (Å²) in [5, 5.41) is 0.998. The highest BCUT2D eigenvalue weighted by atomic mass is 16.5. The molecule has 0 atom stereocenters. The topological polar surface area (TPSA) is 61.0 Å². The Morgan fingerprint density at radius 3 is 2.39 bits per heavy atom. The molecular formula is C18H15N3O2. The number of hydrogen-bond acceptors (Lipinski definition) is 5. The van der Waals surface area contributed by atoms with Crippen LogP contribution in [0.4, 0.5) is 0 Å². The third-order valence-electron chi connectivity index (χ3n) is 3.86. The summed E-state index contributed by atoms with van der Waals surface area (Å²) in [5.41, 5.74) is 4.74. The van der Waals surface area contributed by atoms with E-state index in [1.54, 1.807) is 7.11 Å². The fourth-order valence-electron chi connectivity index (χ4n) is 2.64. The van der Waals surface area contributed by atoms with E-state index in [1.165, 1.54) is 0 Å². The molecule has 4 aromatic rings. The van der Waals surface area contributed by atoms with Gasteiger partial charge in [-0.05, 0) is 50.2 Å². The number of rotatable bonds is 2. The lowest BCUT2D eigenvalue weighted by molar-refractivity contribution is 0.415. The fraction of sp³-hybridized carbons (Fsp3) is 0.167. The largest absolute Gasteiger partial charge is 0.497 e. The van der Waals surface area contributed by atoms with Crippen molar-refractivity contribution in [3.8, 4) is 17.2 Å². The van der Waals surface area contributed by atoms with E-state index in [1.807, 2.05) is 50.2 Å². The standard InChI is InChI=1S/C18H15N3O2/c1-10-4-9-14-11(2)20-18-16(15(14)19-10)21-17(23-18)12-5-7-13(22-3)8-6-12/h4-9H,1-3H3. The first-order valence-corrected chi connectivity index (χ1v) is 7.34. The Morgan fingerprint density at radius 2 is 1.65 bits per heavy atom. The maximum Gasteiger partial charge on any atom is 0.249 e. The second kappa shape index (κ2) is 5.05. The minimum absolute atomic E-state index is 0.513. The molecule has 0 bridgehead atoms. The van der Waals surface area contributed by atoms with Crippen LogP contribution in [0.1, 0.15) is 11.4 Å². The number of hydrogen-bond donors (Lipinski definition) is 0. The number of oxazole rings is 1. The van der Waals surface area contributed by atoms with Crippen LogP contribution in [0, 0.1) is 13.8 Å². The minimum atomic E-state index is 0.513. The number of pyridine rings is 2. The van der Waals surface area contributed by atoms with Gasteiger partial charge in [-0.1, -0.05) is 0 Å². The quantitative estimate of drug-likeness (QED) is 0.559. The fourth-order valence-corrected chi connectivity index (χ4v) is 2.64. The number of benzene rings is 1. The monoisotopic (exact) mass is 305 g/mol. The van der Waals surface area contributed by atoms with Crippen molar-refractivity contribution in [3.63, 3.8) is 0 Å². The highest BCUT2D eigenvalue weighted by molar-refractivity contribution is 6.00. The molecule has 3 heterocycles. The lowest BCUT2D eigenvalue weighted by Crippen LogP contribution is -1.90. The van der Waals surface area contributed by atoms with Gasteiger partial charge in [0.15, 0.2) is 5.52 Å². The van der Waals surface area contributed by atoms with E-state index in [-0.39, 0.29) is 0 Å². The van der Waals surface area contributed by atoms with Gasteiger partial charge in [0.05, 0.1) is 12.8 Å². The van der Waals surface area contributed by atoms with Gasteiger partial charge in [-0.2, -0.15) is 0 Å². The predicted octanol–water partition coefficient (Wildman–Crippen LogP) is 4.06. The molecule has 0 N–H and O–H groups in total. The van der Waals surface area contributed by atoms with Crippen LogP contribution in [-0.4, -0.2) is 22.1 Å². The second-order valence-corrected chi connectivity index (χ2v) is 5.45. The van der Waals surface area contributed by atoms with Crippen molar-refractivity contribution >= 4 is 22.1 Å². The Hall–Kier alpha value is -2.95. The smallest absolute Gasteiger partial charge is 0.249 e. The molecule has 0 aliphatic heterocycles. The first kappa shape index (κ1) is 13.7. The van der Waals surface area contributed by atoms with Gasteiger partial charge >= 0.3 is 0 Å². The van der Waals surface area contributed by atoms with Crippen LogP contribution >= 0.6 is 0 Å². The minimum Gasteiger partial charge on any atom is -0.497 e. The van der Waals surface area contributed by atoms with E-state index in [4.69, 9.17) is 9.15 Å². The average molecular weight is 305 g/mol. The van der Waals surface area contributed by atoms with Crippen LogP contribution in [0.5, 0.6) is 5.75 Å². The summed E-state index contributed by atoms with van der Waals surface area (Å²) in [5.74, 6) is 1.33. The molecule has 0 fully saturated rings. The highest BCUT2D eigenvalue weighted by Gasteiger charge is 2.15. The zero-order chi connectivity index (χ0) is 16.0. The molecule has 3 aromatic heterocycles. The summed E-state index contributed by atoms with van der Waals surface area (Å²) in [4.78, 5) is 13.8. The Bertz CT molecular complexity index is 1020. The first-order chi connectivity index (χ1) is 11.2. The van der Waals surface area contributed by atoms with E-state index in [9.17, 15) is 0 Å². The van der Waals surface area contributed by atoms with Gasteiger partial charge in [0.1, 0.15) is 11.3 Å². The maximum absolute atomic E-state index is 5.85. The first-order valence-electron chi connectivity index (χ1n) is 7.34. The number of aromatic nitrogens is 3. The number of fused-ring (bicyclic) bond motifs is 3. The van der Waals surface area contributed by atoms with E-state index >= 15 is 0 Å². The molecule has 4 rings (SSSR count). The van der Waals surface area contributed by atoms with Gasteiger partial charge in [0.2, 0.25) is 11.6 Å². The zero-order valence-corrected chi connectivity index (χ0v) is 13.1. The SMILES string of the molecule is COc1ccc(-c2nc3c(nc(C)c4ccc(C)nc43)o2)cc1. The number of nitrogens with zero attached hydrogens (tertiary/aromatic N) is 3. The van der Waals surface area contributed by atoms with Crippen LogP contribution < -0.4 is 4.74 Å². The third kappa shape index (κ3) is 2.21. The van der Waals surface area contributed by atoms with Crippen molar-refractivity contribution in [1.82, 2.24) is 15.0 Å². The normalized spacial score (nSPS) is 11.3. The summed E-state index contributed by atoms with van der Waals surface area (Å²) in [7, 11) is 1.64. The summed E-state index contributed by atoms with van der Waals surface area (Å²) in [6.45, 7) is 3.92. The predicted molar refractivity (Wildman–Crippen MR) is 88.6 cm³/mol. The van der Waals surface area contributed by atoms with Crippen molar-refractivity contribution in [2.75, 3.05) is 7.11 Å². The van der Waals surface area contributed by atoms with Crippen molar-refractivity contribution < 1.29 is 9.15 Å². The van der Waals surface area contributed by atoms with Crippen LogP contribution in [0.15, 0.2) is 40.8 Å². The summed E-state index contributed by atoms with van der Waals surface area (Å²) >= 11 is 0. The second-order valence-electron chi connectivity index (χ2n) is 5.45. The summed E-state index contributed by atoms with van der Waals surface area (Å²) in [6.07, 6.45) is 0. The molecule has 0 saturated heterocycles. The zero-order valence-electron chi connectivity index (χ0n) is 13.1. The molecule has 0 aliphatic rings. The molecule has 0 unspecified atom stereocenters. The molecule has 23 heavy (non-hydrogen) atoms.